The van der Waals surface area contributed by atoms with Gasteiger partial charge in [-0.3, -0.25) is 0 Å². The first kappa shape index (κ1) is 17.1. The van der Waals surface area contributed by atoms with Crippen molar-refractivity contribution >= 4 is 0 Å². The van der Waals surface area contributed by atoms with Crippen LogP contribution in [-0.2, 0) is 12.8 Å². The molecule has 124 valence electrons. The maximum atomic E-state index is 12.5. The molecule has 6 heteroatoms. The summed E-state index contributed by atoms with van der Waals surface area (Å²) < 4.78 is 48.2. The quantitative estimate of drug-likeness (QED) is 0.800. The van der Waals surface area contributed by atoms with E-state index < -0.39 is 18.0 Å². The number of hydrogen-bond acceptors (Lipinski definition) is 3. The molecule has 0 aliphatic heterocycles. The highest BCUT2D eigenvalue weighted by molar-refractivity contribution is 5.33. The summed E-state index contributed by atoms with van der Waals surface area (Å²) >= 11 is 0. The van der Waals surface area contributed by atoms with E-state index in [1.807, 2.05) is 0 Å². The monoisotopic (exact) mass is 326 g/mol. The number of benzene rings is 2. The minimum atomic E-state index is -4.34. The van der Waals surface area contributed by atoms with E-state index in [0.29, 0.717) is 23.5 Å². The highest BCUT2D eigenvalue weighted by atomic mass is 19.4. The van der Waals surface area contributed by atoms with E-state index in [2.05, 4.69) is 0 Å². The number of ether oxygens (including phenoxy) is 2. The zero-order valence-electron chi connectivity index (χ0n) is 12.5. The van der Waals surface area contributed by atoms with Gasteiger partial charge in [0.1, 0.15) is 18.1 Å². The molecule has 23 heavy (non-hydrogen) atoms. The van der Waals surface area contributed by atoms with Crippen molar-refractivity contribution in [2.45, 2.75) is 32.4 Å². The molecule has 3 nitrogen and oxygen atoms in total. The van der Waals surface area contributed by atoms with Gasteiger partial charge in [-0.1, -0.05) is 25.1 Å². The second-order valence-corrected chi connectivity index (χ2v) is 4.94. The Balaban J connectivity index is 1.97. The van der Waals surface area contributed by atoms with Crippen LogP contribution in [0.25, 0.3) is 0 Å². The molecule has 2 aromatic rings. The topological polar surface area (TPSA) is 38.7 Å². The molecule has 0 aliphatic carbocycles. The molecule has 0 aliphatic rings. The van der Waals surface area contributed by atoms with Crippen LogP contribution in [0.15, 0.2) is 48.5 Å². The van der Waals surface area contributed by atoms with Gasteiger partial charge >= 0.3 is 6.18 Å². The number of aliphatic hydroxyl groups is 1. The Morgan fingerprint density at radius 1 is 1.04 bits per heavy atom. The van der Waals surface area contributed by atoms with Gasteiger partial charge in [0.2, 0.25) is 0 Å². The Bertz CT molecular complexity index is 624. The maximum Gasteiger partial charge on any atom is 0.416 e. The zero-order valence-corrected chi connectivity index (χ0v) is 12.5. The van der Waals surface area contributed by atoms with E-state index in [-0.39, 0.29) is 6.61 Å². The van der Waals surface area contributed by atoms with E-state index in [1.54, 1.807) is 31.2 Å². The van der Waals surface area contributed by atoms with Crippen LogP contribution in [0.5, 0.6) is 11.5 Å². The standard InChI is InChI=1S/C17H17F3O3/c1-2-16(21)23-15-5-3-4-14(10-15)22-11-12-6-8-13(9-7-12)17(18,19)20/h3-10,16,21H,2,11H2,1H3. The van der Waals surface area contributed by atoms with E-state index in [1.165, 1.54) is 12.1 Å². The van der Waals surface area contributed by atoms with Crippen molar-refractivity contribution in [3.05, 3.63) is 59.7 Å². The first-order valence-corrected chi connectivity index (χ1v) is 7.12. The van der Waals surface area contributed by atoms with Gasteiger partial charge in [0.25, 0.3) is 0 Å². The molecule has 1 N–H and O–H groups in total. The maximum absolute atomic E-state index is 12.5. The summed E-state index contributed by atoms with van der Waals surface area (Å²) in [4.78, 5) is 0. The molecule has 0 aromatic heterocycles. The van der Waals surface area contributed by atoms with Crippen LogP contribution in [0.1, 0.15) is 24.5 Å². The fraction of sp³-hybridized carbons (Fsp3) is 0.294. The molecular formula is C17H17F3O3. The number of rotatable bonds is 6. The van der Waals surface area contributed by atoms with Crippen LogP contribution in [0.3, 0.4) is 0 Å². The molecule has 0 spiro atoms. The largest absolute Gasteiger partial charge is 0.489 e. The molecule has 0 radical (unpaired) electrons. The van der Waals surface area contributed by atoms with Crippen molar-refractivity contribution in [1.82, 2.24) is 0 Å². The lowest BCUT2D eigenvalue weighted by atomic mass is 10.1. The molecule has 0 amide bonds. The lowest BCUT2D eigenvalue weighted by Crippen LogP contribution is -2.13. The summed E-state index contributed by atoms with van der Waals surface area (Å²) in [6.45, 7) is 1.92. The minimum Gasteiger partial charge on any atom is -0.489 e. The van der Waals surface area contributed by atoms with Gasteiger partial charge in [-0.25, -0.2) is 0 Å². The Labute approximate surface area is 132 Å². The lowest BCUT2D eigenvalue weighted by molar-refractivity contribution is -0.137. The van der Waals surface area contributed by atoms with E-state index in [0.717, 1.165) is 12.1 Å². The van der Waals surface area contributed by atoms with Crippen LogP contribution < -0.4 is 9.47 Å². The van der Waals surface area contributed by atoms with E-state index >= 15 is 0 Å². The second-order valence-electron chi connectivity index (χ2n) is 4.94. The fourth-order valence-corrected chi connectivity index (χ4v) is 1.83. The molecule has 2 rings (SSSR count). The van der Waals surface area contributed by atoms with E-state index in [9.17, 15) is 18.3 Å². The average molecular weight is 326 g/mol. The predicted octanol–water partition coefficient (Wildman–Crippen LogP) is 4.39. The predicted molar refractivity (Wildman–Crippen MR) is 79.1 cm³/mol. The van der Waals surface area contributed by atoms with E-state index in [4.69, 9.17) is 9.47 Å². The molecule has 0 saturated carbocycles. The molecule has 1 unspecified atom stereocenters. The van der Waals surface area contributed by atoms with Crippen LogP contribution in [0.2, 0.25) is 0 Å². The highest BCUT2D eigenvalue weighted by Crippen LogP contribution is 2.29. The third kappa shape index (κ3) is 5.17. The van der Waals surface area contributed by atoms with Gasteiger partial charge in [-0.15, -0.1) is 0 Å². The molecule has 0 bridgehead atoms. The lowest BCUT2D eigenvalue weighted by Gasteiger charge is -2.13. The third-order valence-electron chi connectivity index (χ3n) is 3.11. The molecule has 1 atom stereocenters. The number of alkyl halides is 3. The van der Waals surface area contributed by atoms with Gasteiger partial charge in [-0.2, -0.15) is 13.2 Å². The number of aliphatic hydroxyl groups excluding tert-OH is 1. The molecule has 0 heterocycles. The fourth-order valence-electron chi connectivity index (χ4n) is 1.83. The van der Waals surface area contributed by atoms with Crippen LogP contribution in [0.4, 0.5) is 13.2 Å². The summed E-state index contributed by atoms with van der Waals surface area (Å²) in [5.41, 5.74) is -0.0666. The van der Waals surface area contributed by atoms with Crippen molar-refractivity contribution in [2.75, 3.05) is 0 Å². The Hall–Kier alpha value is -2.21. The first-order chi connectivity index (χ1) is 10.9. The zero-order chi connectivity index (χ0) is 16.9. The molecule has 2 aromatic carbocycles. The van der Waals surface area contributed by atoms with Gasteiger partial charge in [0, 0.05) is 12.5 Å². The van der Waals surface area contributed by atoms with Crippen molar-refractivity contribution in [1.29, 1.82) is 0 Å². The smallest absolute Gasteiger partial charge is 0.416 e. The SMILES string of the molecule is CCC(O)Oc1cccc(OCc2ccc(C(F)(F)F)cc2)c1. The van der Waals surface area contributed by atoms with Gasteiger partial charge < -0.3 is 14.6 Å². The van der Waals surface area contributed by atoms with Gasteiger partial charge in [0.05, 0.1) is 5.56 Å². The van der Waals surface area contributed by atoms with Crippen LogP contribution in [-0.4, -0.2) is 11.4 Å². The van der Waals surface area contributed by atoms with Crippen molar-refractivity contribution < 1.29 is 27.8 Å². The molecular weight excluding hydrogens is 309 g/mol. The van der Waals surface area contributed by atoms with Crippen LogP contribution in [0, 0.1) is 0 Å². The van der Waals surface area contributed by atoms with Gasteiger partial charge in [0.15, 0.2) is 6.29 Å². The van der Waals surface area contributed by atoms with Crippen molar-refractivity contribution in [2.24, 2.45) is 0 Å². The average Bonchev–Trinajstić information content (AvgIpc) is 2.53. The molecule has 0 fully saturated rings. The van der Waals surface area contributed by atoms with Crippen molar-refractivity contribution in [3.63, 3.8) is 0 Å². The normalized spacial score (nSPS) is 12.7. The highest BCUT2D eigenvalue weighted by Gasteiger charge is 2.29. The summed E-state index contributed by atoms with van der Waals surface area (Å²) in [5.74, 6) is 0.968. The molecule has 0 saturated heterocycles. The number of hydrogen-bond donors (Lipinski definition) is 1. The summed E-state index contributed by atoms with van der Waals surface area (Å²) in [5, 5.41) is 9.45. The van der Waals surface area contributed by atoms with Crippen LogP contribution >= 0.6 is 0 Å². The summed E-state index contributed by atoms with van der Waals surface area (Å²) in [6.07, 6.45) is -4.78. The second kappa shape index (κ2) is 7.37. The summed E-state index contributed by atoms with van der Waals surface area (Å²) in [7, 11) is 0. The Kier molecular flexibility index (Phi) is 5.50. The third-order valence-corrected chi connectivity index (χ3v) is 3.11. The Morgan fingerprint density at radius 3 is 2.30 bits per heavy atom. The van der Waals surface area contributed by atoms with Crippen molar-refractivity contribution in [3.8, 4) is 11.5 Å². The van der Waals surface area contributed by atoms with Gasteiger partial charge in [-0.05, 0) is 29.8 Å². The Morgan fingerprint density at radius 2 is 1.70 bits per heavy atom. The number of halogens is 3. The minimum absolute atomic E-state index is 0.137. The summed E-state index contributed by atoms with van der Waals surface area (Å²) in [6, 6.07) is 11.5. The first-order valence-electron chi connectivity index (χ1n) is 7.12.